The van der Waals surface area contributed by atoms with Crippen LogP contribution in [-0.2, 0) is 12.8 Å². The van der Waals surface area contributed by atoms with Gasteiger partial charge in [0.15, 0.2) is 0 Å². The highest BCUT2D eigenvalue weighted by Gasteiger charge is 2.09. The number of hydrogen-bond acceptors (Lipinski definition) is 4. The van der Waals surface area contributed by atoms with Crippen LogP contribution in [-0.4, -0.2) is 12.1 Å². The van der Waals surface area contributed by atoms with E-state index >= 15 is 0 Å². The molecular formula is C14H18N2O2. The minimum absolute atomic E-state index is 0.228. The summed E-state index contributed by atoms with van der Waals surface area (Å²) in [6, 6.07) is 6.41. The molecule has 0 radical (unpaired) electrons. The summed E-state index contributed by atoms with van der Waals surface area (Å²) < 4.78 is 10.5. The summed E-state index contributed by atoms with van der Waals surface area (Å²) in [6.45, 7) is 3.99. The first kappa shape index (κ1) is 12.5. The van der Waals surface area contributed by atoms with Gasteiger partial charge in [0.05, 0.1) is 12.8 Å². The van der Waals surface area contributed by atoms with E-state index in [0.29, 0.717) is 0 Å². The number of methoxy groups -OCH3 is 1. The van der Waals surface area contributed by atoms with E-state index in [0.717, 1.165) is 30.0 Å². The Kier molecular flexibility index (Phi) is 3.55. The van der Waals surface area contributed by atoms with Crippen LogP contribution in [0.25, 0.3) is 0 Å². The fourth-order valence-corrected chi connectivity index (χ4v) is 2.03. The van der Waals surface area contributed by atoms with Crippen molar-refractivity contribution in [1.29, 1.82) is 0 Å². The molecule has 0 atom stereocenters. The lowest BCUT2D eigenvalue weighted by Crippen LogP contribution is -1.96. The lowest BCUT2D eigenvalue weighted by Gasteiger charge is -2.08. The molecule has 1 heterocycles. The van der Waals surface area contributed by atoms with Crippen LogP contribution in [0.3, 0.4) is 0 Å². The number of aryl methyl sites for hydroxylation is 2. The molecule has 0 aliphatic rings. The van der Waals surface area contributed by atoms with Gasteiger partial charge in [0, 0.05) is 6.42 Å². The molecule has 0 aliphatic carbocycles. The maximum atomic E-state index is 5.54. The third-order valence-corrected chi connectivity index (χ3v) is 3.01. The Bertz CT molecular complexity index is 547. The molecule has 0 bridgehead atoms. The molecule has 0 unspecified atom stereocenters. The summed E-state index contributed by atoms with van der Waals surface area (Å²) in [5, 5.41) is 0. The van der Waals surface area contributed by atoms with E-state index in [2.05, 4.69) is 18.0 Å². The highest BCUT2D eigenvalue weighted by Crippen LogP contribution is 2.23. The second-order valence-corrected chi connectivity index (χ2v) is 4.23. The molecule has 0 spiro atoms. The summed E-state index contributed by atoms with van der Waals surface area (Å²) in [4.78, 5) is 4.18. The van der Waals surface area contributed by atoms with Crippen molar-refractivity contribution < 1.29 is 9.15 Å². The van der Waals surface area contributed by atoms with E-state index in [1.807, 2.05) is 19.1 Å². The van der Waals surface area contributed by atoms with Crippen LogP contribution in [0.1, 0.15) is 29.5 Å². The Morgan fingerprint density at radius 2 is 2.17 bits per heavy atom. The van der Waals surface area contributed by atoms with E-state index in [4.69, 9.17) is 14.9 Å². The van der Waals surface area contributed by atoms with Crippen LogP contribution in [0.2, 0.25) is 0 Å². The lowest BCUT2D eigenvalue weighted by molar-refractivity contribution is 0.410. The van der Waals surface area contributed by atoms with Crippen molar-refractivity contribution in [2.75, 3.05) is 12.8 Å². The SMILES string of the molecule is CCc1cc(Cc2nc(N)oc2C)ccc1OC. The van der Waals surface area contributed by atoms with Crippen LogP contribution in [0.4, 0.5) is 6.01 Å². The molecule has 2 aromatic rings. The van der Waals surface area contributed by atoms with Crippen LogP contribution in [0, 0.1) is 6.92 Å². The van der Waals surface area contributed by atoms with Gasteiger partial charge in [-0.15, -0.1) is 0 Å². The maximum Gasteiger partial charge on any atom is 0.292 e. The molecule has 0 saturated heterocycles. The summed E-state index contributed by atoms with van der Waals surface area (Å²) in [5.41, 5.74) is 8.81. The fraction of sp³-hybridized carbons (Fsp3) is 0.357. The molecule has 4 nitrogen and oxygen atoms in total. The van der Waals surface area contributed by atoms with Crippen molar-refractivity contribution in [2.45, 2.75) is 26.7 Å². The second kappa shape index (κ2) is 5.12. The van der Waals surface area contributed by atoms with Crippen molar-refractivity contribution in [3.8, 4) is 5.75 Å². The number of benzene rings is 1. The first-order valence-corrected chi connectivity index (χ1v) is 6.01. The minimum atomic E-state index is 0.228. The zero-order valence-electron chi connectivity index (χ0n) is 11.0. The van der Waals surface area contributed by atoms with E-state index in [1.54, 1.807) is 7.11 Å². The average Bonchev–Trinajstić information content (AvgIpc) is 2.67. The Balaban J connectivity index is 2.27. The second-order valence-electron chi connectivity index (χ2n) is 4.23. The Labute approximate surface area is 107 Å². The van der Waals surface area contributed by atoms with Gasteiger partial charge in [-0.3, -0.25) is 0 Å². The van der Waals surface area contributed by atoms with Crippen LogP contribution in [0.5, 0.6) is 5.75 Å². The van der Waals surface area contributed by atoms with E-state index in [-0.39, 0.29) is 6.01 Å². The highest BCUT2D eigenvalue weighted by molar-refractivity contribution is 5.39. The number of nitrogens with two attached hydrogens (primary N) is 1. The first-order chi connectivity index (χ1) is 8.63. The van der Waals surface area contributed by atoms with E-state index < -0.39 is 0 Å². The number of nitrogens with zero attached hydrogens (tertiary/aromatic N) is 1. The maximum absolute atomic E-state index is 5.54. The normalized spacial score (nSPS) is 10.6. The summed E-state index contributed by atoms with van der Waals surface area (Å²) >= 11 is 0. The molecular weight excluding hydrogens is 228 g/mol. The summed E-state index contributed by atoms with van der Waals surface area (Å²) in [7, 11) is 1.69. The monoisotopic (exact) mass is 246 g/mol. The first-order valence-electron chi connectivity index (χ1n) is 6.01. The minimum Gasteiger partial charge on any atom is -0.496 e. The van der Waals surface area contributed by atoms with Gasteiger partial charge < -0.3 is 14.9 Å². The topological polar surface area (TPSA) is 61.3 Å². The molecule has 2 rings (SSSR count). The number of rotatable bonds is 4. The van der Waals surface area contributed by atoms with Crippen molar-refractivity contribution >= 4 is 6.01 Å². The van der Waals surface area contributed by atoms with Gasteiger partial charge in [-0.05, 0) is 30.5 Å². The van der Waals surface area contributed by atoms with E-state index in [9.17, 15) is 0 Å². The number of ether oxygens (including phenoxy) is 1. The fourth-order valence-electron chi connectivity index (χ4n) is 2.03. The van der Waals surface area contributed by atoms with Gasteiger partial charge in [-0.2, -0.15) is 4.98 Å². The van der Waals surface area contributed by atoms with Gasteiger partial charge in [-0.1, -0.05) is 19.1 Å². The van der Waals surface area contributed by atoms with E-state index in [1.165, 1.54) is 11.1 Å². The van der Waals surface area contributed by atoms with Gasteiger partial charge in [0.2, 0.25) is 0 Å². The summed E-state index contributed by atoms with van der Waals surface area (Å²) in [5.74, 6) is 1.71. The lowest BCUT2D eigenvalue weighted by atomic mass is 10.0. The third kappa shape index (κ3) is 2.47. The van der Waals surface area contributed by atoms with Crippen LogP contribution in [0.15, 0.2) is 22.6 Å². The number of nitrogen functional groups attached to an aromatic ring is 1. The third-order valence-electron chi connectivity index (χ3n) is 3.01. The molecule has 4 heteroatoms. The Morgan fingerprint density at radius 3 is 2.72 bits per heavy atom. The molecule has 0 amide bonds. The van der Waals surface area contributed by atoms with Crippen LogP contribution < -0.4 is 10.5 Å². The molecule has 0 saturated carbocycles. The van der Waals surface area contributed by atoms with Crippen molar-refractivity contribution in [3.63, 3.8) is 0 Å². The number of hydrogen-bond donors (Lipinski definition) is 1. The molecule has 1 aromatic carbocycles. The number of aromatic nitrogens is 1. The molecule has 2 N–H and O–H groups in total. The highest BCUT2D eigenvalue weighted by atomic mass is 16.5. The number of oxazole rings is 1. The largest absolute Gasteiger partial charge is 0.496 e. The molecule has 0 aliphatic heterocycles. The zero-order chi connectivity index (χ0) is 13.1. The van der Waals surface area contributed by atoms with Crippen molar-refractivity contribution in [3.05, 3.63) is 40.8 Å². The van der Waals surface area contributed by atoms with Gasteiger partial charge in [0.25, 0.3) is 6.01 Å². The molecule has 0 fully saturated rings. The van der Waals surface area contributed by atoms with Gasteiger partial charge in [-0.25, -0.2) is 0 Å². The Morgan fingerprint density at radius 1 is 1.39 bits per heavy atom. The van der Waals surface area contributed by atoms with Gasteiger partial charge in [0.1, 0.15) is 11.5 Å². The van der Waals surface area contributed by atoms with Crippen LogP contribution >= 0.6 is 0 Å². The van der Waals surface area contributed by atoms with Crippen molar-refractivity contribution in [1.82, 2.24) is 4.98 Å². The predicted molar refractivity (Wildman–Crippen MR) is 70.8 cm³/mol. The standard InChI is InChI=1S/C14H18N2O2/c1-4-11-7-10(5-6-13(11)17-3)8-12-9(2)18-14(15)16-12/h5-7H,4,8H2,1-3H3,(H2,15,16). The van der Waals surface area contributed by atoms with Crippen molar-refractivity contribution in [2.24, 2.45) is 0 Å². The quantitative estimate of drug-likeness (QED) is 0.901. The Hall–Kier alpha value is -1.97. The predicted octanol–water partition coefficient (Wildman–Crippen LogP) is 2.73. The molecule has 18 heavy (non-hydrogen) atoms. The molecule has 1 aromatic heterocycles. The molecule has 96 valence electrons. The summed E-state index contributed by atoms with van der Waals surface area (Å²) in [6.07, 6.45) is 1.67. The average molecular weight is 246 g/mol. The van der Waals surface area contributed by atoms with Gasteiger partial charge >= 0.3 is 0 Å². The smallest absolute Gasteiger partial charge is 0.292 e. The number of anilines is 1. The zero-order valence-corrected chi connectivity index (χ0v) is 11.0.